The molecule has 1 N–H and O–H groups in total. The minimum Gasteiger partial charge on any atom is -0.208 e. The Morgan fingerprint density at radius 2 is 1.23 bits per heavy atom. The van der Waals surface area contributed by atoms with Crippen LogP contribution in [0.5, 0.6) is 0 Å². The number of rotatable bonds is 5. The maximum absolute atomic E-state index is 12.8. The van der Waals surface area contributed by atoms with Crippen molar-refractivity contribution >= 4 is 20.0 Å². The van der Waals surface area contributed by atoms with E-state index in [2.05, 4.69) is 4.72 Å². The van der Waals surface area contributed by atoms with Gasteiger partial charge in [0, 0.05) is 19.1 Å². The number of sulfonamides is 2. The molecule has 2 aliphatic rings. The second-order valence-corrected chi connectivity index (χ2v) is 10.9. The molecule has 8 heteroatoms. The third-order valence-electron chi connectivity index (χ3n) is 5.26. The van der Waals surface area contributed by atoms with Gasteiger partial charge in [-0.3, -0.25) is 0 Å². The zero-order valence-electron chi connectivity index (χ0n) is 15.1. The zero-order chi connectivity index (χ0) is 18.6. The molecule has 1 saturated carbocycles. The van der Waals surface area contributed by atoms with E-state index in [-0.39, 0.29) is 15.8 Å². The molecule has 0 radical (unpaired) electrons. The van der Waals surface area contributed by atoms with Crippen LogP contribution < -0.4 is 4.72 Å². The van der Waals surface area contributed by atoms with Crippen molar-refractivity contribution in [3.05, 3.63) is 24.3 Å². The third-order valence-corrected chi connectivity index (χ3v) is 8.71. The molecule has 6 nitrogen and oxygen atoms in total. The van der Waals surface area contributed by atoms with Crippen molar-refractivity contribution in [2.24, 2.45) is 0 Å². The number of benzene rings is 1. The van der Waals surface area contributed by atoms with E-state index in [1.54, 1.807) is 0 Å². The molecule has 1 aromatic rings. The summed E-state index contributed by atoms with van der Waals surface area (Å²) in [6.45, 7) is 1.07. The van der Waals surface area contributed by atoms with Gasteiger partial charge < -0.3 is 0 Å². The highest BCUT2D eigenvalue weighted by Gasteiger charge is 2.26. The Kier molecular flexibility index (Phi) is 6.37. The van der Waals surface area contributed by atoms with Crippen molar-refractivity contribution in [1.82, 2.24) is 9.03 Å². The normalized spacial score (nSPS) is 21.4. The summed E-state index contributed by atoms with van der Waals surface area (Å²) in [6.07, 6.45) is 8.81. The van der Waals surface area contributed by atoms with Crippen LogP contribution in [-0.4, -0.2) is 40.3 Å². The van der Waals surface area contributed by atoms with Gasteiger partial charge in [-0.15, -0.1) is 0 Å². The highest BCUT2D eigenvalue weighted by molar-refractivity contribution is 7.89. The van der Waals surface area contributed by atoms with E-state index in [0.717, 1.165) is 57.8 Å². The highest BCUT2D eigenvalue weighted by Crippen LogP contribution is 2.23. The van der Waals surface area contributed by atoms with E-state index < -0.39 is 20.0 Å². The minimum absolute atomic E-state index is 0.0192. The lowest BCUT2D eigenvalue weighted by Gasteiger charge is -2.23. The standard InChI is InChI=1S/C18H28N2O4S2/c21-25(22,19-16-8-4-3-5-9-16)17-10-12-18(13-11-17)26(23,24)20-14-6-1-2-7-15-20/h10-13,16,19H,1-9,14-15H2. The van der Waals surface area contributed by atoms with E-state index in [0.29, 0.717) is 13.1 Å². The average Bonchev–Trinajstić information content (AvgIpc) is 2.92. The molecule has 0 amide bonds. The summed E-state index contributed by atoms with van der Waals surface area (Å²) in [7, 11) is -7.17. The number of nitrogens with zero attached hydrogens (tertiary/aromatic N) is 1. The smallest absolute Gasteiger partial charge is 0.208 e. The maximum atomic E-state index is 12.8. The second-order valence-electron chi connectivity index (χ2n) is 7.25. The van der Waals surface area contributed by atoms with Gasteiger partial charge in [0.05, 0.1) is 9.79 Å². The molecule has 0 unspecified atom stereocenters. The highest BCUT2D eigenvalue weighted by atomic mass is 32.2. The average molecular weight is 401 g/mol. The molecular formula is C18H28N2O4S2. The molecule has 26 heavy (non-hydrogen) atoms. The van der Waals surface area contributed by atoms with E-state index >= 15 is 0 Å². The molecule has 1 aliphatic heterocycles. The Hall–Kier alpha value is -0.960. The van der Waals surface area contributed by atoms with Crippen LogP contribution in [-0.2, 0) is 20.0 Å². The van der Waals surface area contributed by atoms with Gasteiger partial charge in [0.1, 0.15) is 0 Å². The van der Waals surface area contributed by atoms with Crippen LogP contribution in [0.15, 0.2) is 34.1 Å². The lowest BCUT2D eigenvalue weighted by molar-refractivity contribution is 0.412. The molecule has 1 saturated heterocycles. The van der Waals surface area contributed by atoms with Gasteiger partial charge in [-0.2, -0.15) is 4.31 Å². The lowest BCUT2D eigenvalue weighted by Crippen LogP contribution is -2.36. The first-order valence-corrected chi connectivity index (χ1v) is 12.4. The molecule has 3 rings (SSSR count). The minimum atomic E-state index is -3.61. The molecule has 0 bridgehead atoms. The first-order chi connectivity index (χ1) is 12.4. The number of nitrogens with one attached hydrogen (secondary N) is 1. The van der Waals surface area contributed by atoms with Crippen LogP contribution in [0.4, 0.5) is 0 Å². The molecule has 2 fully saturated rings. The quantitative estimate of drug-likeness (QED) is 0.824. The van der Waals surface area contributed by atoms with Crippen molar-refractivity contribution in [2.45, 2.75) is 73.6 Å². The Labute approximate surface area is 157 Å². The molecule has 0 spiro atoms. The molecule has 1 aromatic carbocycles. The Morgan fingerprint density at radius 1 is 0.731 bits per heavy atom. The summed E-state index contributed by atoms with van der Waals surface area (Å²) in [5.41, 5.74) is 0. The summed E-state index contributed by atoms with van der Waals surface area (Å²) >= 11 is 0. The summed E-state index contributed by atoms with van der Waals surface area (Å²) in [4.78, 5) is 0.286. The fraction of sp³-hybridized carbons (Fsp3) is 0.667. The summed E-state index contributed by atoms with van der Waals surface area (Å²) < 4.78 is 54.9. The van der Waals surface area contributed by atoms with Crippen LogP contribution in [0, 0.1) is 0 Å². The van der Waals surface area contributed by atoms with E-state index in [1.165, 1.54) is 28.6 Å². The largest absolute Gasteiger partial charge is 0.243 e. The van der Waals surface area contributed by atoms with Crippen molar-refractivity contribution in [1.29, 1.82) is 0 Å². The van der Waals surface area contributed by atoms with Crippen molar-refractivity contribution in [2.75, 3.05) is 13.1 Å². The van der Waals surface area contributed by atoms with Crippen LogP contribution >= 0.6 is 0 Å². The van der Waals surface area contributed by atoms with Crippen molar-refractivity contribution in [3.8, 4) is 0 Å². The molecule has 0 atom stereocenters. The SMILES string of the molecule is O=S(=O)(NC1CCCCC1)c1ccc(S(=O)(=O)N2CCCCCC2)cc1. The third kappa shape index (κ3) is 4.65. The Bertz CT molecular complexity index is 790. The van der Waals surface area contributed by atoms with Gasteiger partial charge in [0.25, 0.3) is 0 Å². The van der Waals surface area contributed by atoms with Gasteiger partial charge in [-0.25, -0.2) is 21.6 Å². The van der Waals surface area contributed by atoms with E-state index in [4.69, 9.17) is 0 Å². The monoisotopic (exact) mass is 400 g/mol. The van der Waals surface area contributed by atoms with Gasteiger partial charge in [0.2, 0.25) is 20.0 Å². The number of hydrogen-bond acceptors (Lipinski definition) is 4. The first-order valence-electron chi connectivity index (χ1n) is 9.52. The molecule has 1 aliphatic carbocycles. The Morgan fingerprint density at radius 3 is 1.81 bits per heavy atom. The van der Waals surface area contributed by atoms with E-state index in [1.807, 2.05) is 0 Å². The zero-order valence-corrected chi connectivity index (χ0v) is 16.7. The number of hydrogen-bond donors (Lipinski definition) is 1. The maximum Gasteiger partial charge on any atom is 0.243 e. The molecule has 0 aromatic heterocycles. The van der Waals surface area contributed by atoms with Crippen molar-refractivity contribution < 1.29 is 16.8 Å². The summed E-state index contributed by atoms with van der Waals surface area (Å²) in [6, 6.07) is 5.60. The van der Waals surface area contributed by atoms with Crippen LogP contribution in [0.1, 0.15) is 57.8 Å². The predicted octanol–water partition coefficient (Wildman–Crippen LogP) is 2.86. The van der Waals surface area contributed by atoms with Gasteiger partial charge in [-0.1, -0.05) is 32.1 Å². The topological polar surface area (TPSA) is 83.5 Å². The fourth-order valence-corrected chi connectivity index (χ4v) is 6.55. The van der Waals surface area contributed by atoms with Gasteiger partial charge in [-0.05, 0) is 49.9 Å². The van der Waals surface area contributed by atoms with Gasteiger partial charge in [0.15, 0.2) is 0 Å². The van der Waals surface area contributed by atoms with Gasteiger partial charge >= 0.3 is 0 Å². The molecular weight excluding hydrogens is 372 g/mol. The fourth-order valence-electron chi connectivity index (χ4n) is 3.73. The second kappa shape index (κ2) is 8.37. The predicted molar refractivity (Wildman–Crippen MR) is 101 cm³/mol. The lowest BCUT2D eigenvalue weighted by atomic mass is 9.96. The van der Waals surface area contributed by atoms with Crippen LogP contribution in [0.3, 0.4) is 0 Å². The molecule has 146 valence electrons. The summed E-state index contributed by atoms with van der Waals surface area (Å²) in [5.74, 6) is 0. The summed E-state index contributed by atoms with van der Waals surface area (Å²) in [5, 5.41) is 0. The van der Waals surface area contributed by atoms with Crippen LogP contribution in [0.25, 0.3) is 0 Å². The van der Waals surface area contributed by atoms with Crippen molar-refractivity contribution in [3.63, 3.8) is 0 Å². The first kappa shape index (κ1) is 19.8. The Balaban J connectivity index is 1.74. The van der Waals surface area contributed by atoms with E-state index in [9.17, 15) is 16.8 Å². The van der Waals surface area contributed by atoms with Crippen LogP contribution in [0.2, 0.25) is 0 Å². The molecule has 1 heterocycles.